The molecule has 2 rings (SSSR count). The largest absolute Gasteiger partial charge is 0.325 e. The third kappa shape index (κ3) is 5.57. The summed E-state index contributed by atoms with van der Waals surface area (Å²) in [6.07, 6.45) is 0. The zero-order valence-corrected chi connectivity index (χ0v) is 17.9. The molecule has 0 heterocycles. The van der Waals surface area contributed by atoms with Crippen molar-refractivity contribution in [1.82, 2.24) is 4.31 Å². The highest BCUT2D eigenvalue weighted by atomic mass is 32.2. The second-order valence-corrected chi connectivity index (χ2v) is 10.2. The van der Waals surface area contributed by atoms with Crippen LogP contribution < -0.4 is 5.32 Å². The van der Waals surface area contributed by atoms with Gasteiger partial charge in [-0.3, -0.25) is 4.79 Å². The van der Waals surface area contributed by atoms with Gasteiger partial charge in [-0.15, -0.1) is 11.8 Å². The smallest absolute Gasteiger partial charge is 0.242 e. The van der Waals surface area contributed by atoms with Crippen LogP contribution in [0, 0.1) is 13.8 Å². The first-order valence-corrected chi connectivity index (χ1v) is 11.1. The predicted molar refractivity (Wildman–Crippen MR) is 113 cm³/mol. The van der Waals surface area contributed by atoms with Crippen LogP contribution in [0.1, 0.15) is 23.6 Å². The lowest BCUT2D eigenvalue weighted by molar-refractivity contribution is -0.115. The van der Waals surface area contributed by atoms with Crippen LogP contribution in [0.5, 0.6) is 0 Å². The highest BCUT2D eigenvalue weighted by Gasteiger charge is 2.19. The Kier molecular flexibility index (Phi) is 7.08. The van der Waals surface area contributed by atoms with Crippen molar-refractivity contribution in [2.45, 2.75) is 36.7 Å². The van der Waals surface area contributed by atoms with E-state index in [1.807, 2.05) is 6.92 Å². The number of nitrogens with zero attached hydrogens (tertiary/aromatic N) is 1. The molecule has 1 unspecified atom stereocenters. The normalized spacial score (nSPS) is 12.8. The Bertz CT molecular complexity index is 925. The van der Waals surface area contributed by atoms with Gasteiger partial charge in [0.2, 0.25) is 15.9 Å². The molecular formula is C20H26N2O3S2. The molecule has 0 saturated heterocycles. The average Bonchev–Trinajstić information content (AvgIpc) is 2.62. The zero-order chi connectivity index (χ0) is 20.2. The van der Waals surface area contributed by atoms with Crippen molar-refractivity contribution in [3.05, 3.63) is 59.2 Å². The molecule has 0 spiro atoms. The summed E-state index contributed by atoms with van der Waals surface area (Å²) in [5, 5.41) is 2.55. The van der Waals surface area contributed by atoms with Crippen molar-refractivity contribution in [1.29, 1.82) is 0 Å². The Balaban J connectivity index is 2.03. The maximum atomic E-state index is 12.5. The van der Waals surface area contributed by atoms with Crippen molar-refractivity contribution in [3.63, 3.8) is 0 Å². The Morgan fingerprint density at radius 3 is 2.52 bits per heavy atom. The maximum Gasteiger partial charge on any atom is 0.242 e. The molecule has 5 nitrogen and oxygen atoms in total. The number of nitrogens with one attached hydrogen (secondary N) is 1. The Morgan fingerprint density at radius 1 is 1.15 bits per heavy atom. The molecule has 0 aliphatic carbocycles. The molecule has 1 atom stereocenters. The van der Waals surface area contributed by atoms with Gasteiger partial charge in [0.15, 0.2) is 0 Å². The van der Waals surface area contributed by atoms with Gasteiger partial charge in [0.05, 0.1) is 10.1 Å². The molecule has 2 aromatic rings. The number of rotatable bonds is 7. The van der Waals surface area contributed by atoms with Gasteiger partial charge >= 0.3 is 0 Å². The fraction of sp³-hybridized carbons (Fsp3) is 0.350. The molecule has 27 heavy (non-hydrogen) atoms. The van der Waals surface area contributed by atoms with Crippen molar-refractivity contribution in [2.24, 2.45) is 0 Å². The van der Waals surface area contributed by atoms with E-state index < -0.39 is 10.0 Å². The molecule has 0 radical (unpaired) electrons. The average molecular weight is 407 g/mol. The summed E-state index contributed by atoms with van der Waals surface area (Å²) < 4.78 is 25.6. The Labute approximate surface area is 166 Å². The van der Waals surface area contributed by atoms with Crippen molar-refractivity contribution in [2.75, 3.05) is 19.4 Å². The van der Waals surface area contributed by atoms with Crippen LogP contribution in [0.15, 0.2) is 47.4 Å². The van der Waals surface area contributed by atoms with Crippen LogP contribution >= 0.6 is 11.8 Å². The minimum atomic E-state index is -3.53. The molecule has 7 heteroatoms. The van der Waals surface area contributed by atoms with Crippen LogP contribution in [0.25, 0.3) is 0 Å². The van der Waals surface area contributed by atoms with Gasteiger partial charge < -0.3 is 5.32 Å². The summed E-state index contributed by atoms with van der Waals surface area (Å²) in [4.78, 5) is 12.6. The minimum absolute atomic E-state index is 0.148. The summed E-state index contributed by atoms with van der Waals surface area (Å²) in [7, 11) is -0.576. The summed E-state index contributed by atoms with van der Waals surface area (Å²) >= 11 is 1.56. The van der Waals surface area contributed by atoms with E-state index >= 15 is 0 Å². The molecule has 0 fully saturated rings. The molecule has 2 aromatic carbocycles. The molecule has 0 aromatic heterocycles. The minimum Gasteiger partial charge on any atom is -0.325 e. The summed E-state index contributed by atoms with van der Waals surface area (Å²) in [5.41, 5.74) is 4.11. The van der Waals surface area contributed by atoms with E-state index in [1.165, 1.54) is 42.9 Å². The van der Waals surface area contributed by atoms with Gasteiger partial charge in [-0.2, -0.15) is 0 Å². The number of thioether (sulfide) groups is 1. The van der Waals surface area contributed by atoms with E-state index in [4.69, 9.17) is 0 Å². The zero-order valence-electron chi connectivity index (χ0n) is 16.3. The van der Waals surface area contributed by atoms with Gasteiger partial charge in [-0.25, -0.2) is 12.7 Å². The first kappa shape index (κ1) is 21.5. The number of carbonyl (C=O) groups excluding carboxylic acids is 1. The third-order valence-corrected chi connectivity index (χ3v) is 7.25. The predicted octanol–water partition coefficient (Wildman–Crippen LogP) is 3.81. The maximum absolute atomic E-state index is 12.5. The van der Waals surface area contributed by atoms with Crippen molar-refractivity contribution in [3.8, 4) is 0 Å². The van der Waals surface area contributed by atoms with Crippen LogP contribution in [-0.2, 0) is 20.6 Å². The quantitative estimate of drug-likeness (QED) is 0.759. The first-order valence-electron chi connectivity index (χ1n) is 8.62. The fourth-order valence-electron chi connectivity index (χ4n) is 2.44. The number of aryl methyl sites for hydroxylation is 2. The first-order chi connectivity index (χ1) is 12.6. The number of hydrogen-bond donors (Lipinski definition) is 1. The second kappa shape index (κ2) is 8.91. The summed E-state index contributed by atoms with van der Waals surface area (Å²) in [6.45, 7) is 5.97. The topological polar surface area (TPSA) is 66.5 Å². The van der Waals surface area contributed by atoms with E-state index in [0.29, 0.717) is 5.69 Å². The summed E-state index contributed by atoms with van der Waals surface area (Å²) in [6, 6.07) is 12.6. The van der Waals surface area contributed by atoms with Gasteiger partial charge in [-0.1, -0.05) is 29.8 Å². The van der Waals surface area contributed by atoms with Gasteiger partial charge in [0.25, 0.3) is 0 Å². The Morgan fingerprint density at radius 2 is 1.85 bits per heavy atom. The van der Waals surface area contributed by atoms with E-state index in [9.17, 15) is 13.2 Å². The molecule has 0 aliphatic rings. The van der Waals surface area contributed by atoms with E-state index in [-0.39, 0.29) is 16.1 Å². The molecule has 1 amide bonds. The fourth-order valence-corrected chi connectivity index (χ4v) is 4.33. The van der Waals surface area contributed by atoms with Crippen LogP contribution in [0.2, 0.25) is 0 Å². The van der Waals surface area contributed by atoms with Crippen LogP contribution in [-0.4, -0.2) is 38.0 Å². The van der Waals surface area contributed by atoms with Crippen LogP contribution in [0.3, 0.4) is 0 Å². The van der Waals surface area contributed by atoms with Crippen LogP contribution in [0.4, 0.5) is 5.69 Å². The second-order valence-electron chi connectivity index (χ2n) is 6.69. The number of anilines is 1. The Hall–Kier alpha value is -1.83. The van der Waals surface area contributed by atoms with E-state index in [0.717, 1.165) is 10.1 Å². The lowest BCUT2D eigenvalue weighted by Gasteiger charge is -2.15. The number of benzene rings is 2. The lowest BCUT2D eigenvalue weighted by Crippen LogP contribution is -2.24. The SMILES string of the molecule is Cc1ccc(C)c(CSC(C)C(=O)Nc2cccc(S(=O)(=O)N(C)C)c2)c1. The number of amides is 1. The van der Waals surface area contributed by atoms with Gasteiger partial charge in [-0.05, 0) is 50.1 Å². The summed E-state index contributed by atoms with van der Waals surface area (Å²) in [5.74, 6) is 0.599. The number of carbonyl (C=O) groups is 1. The highest BCUT2D eigenvalue weighted by Crippen LogP contribution is 2.23. The van der Waals surface area contributed by atoms with E-state index in [2.05, 4.69) is 37.4 Å². The van der Waals surface area contributed by atoms with Gasteiger partial charge in [0, 0.05) is 25.5 Å². The molecule has 0 bridgehead atoms. The molecule has 0 saturated carbocycles. The molecule has 146 valence electrons. The van der Waals surface area contributed by atoms with E-state index in [1.54, 1.807) is 23.9 Å². The van der Waals surface area contributed by atoms with Gasteiger partial charge in [0.1, 0.15) is 0 Å². The standard InChI is InChI=1S/C20H26N2O3S2/c1-14-9-10-15(2)17(11-14)13-26-16(3)20(23)21-18-7-6-8-19(12-18)27(24,25)22(4)5/h6-12,16H,13H2,1-5H3,(H,21,23). The number of hydrogen-bond acceptors (Lipinski definition) is 4. The monoisotopic (exact) mass is 406 g/mol. The van der Waals surface area contributed by atoms with Crippen molar-refractivity contribution >= 4 is 33.4 Å². The molecule has 1 N–H and O–H groups in total. The highest BCUT2D eigenvalue weighted by molar-refractivity contribution is 7.99. The molecule has 0 aliphatic heterocycles. The molecular weight excluding hydrogens is 380 g/mol. The lowest BCUT2D eigenvalue weighted by atomic mass is 10.1. The van der Waals surface area contributed by atoms with Crippen molar-refractivity contribution < 1.29 is 13.2 Å². The third-order valence-electron chi connectivity index (χ3n) is 4.24. The number of sulfonamides is 1.